The van der Waals surface area contributed by atoms with Gasteiger partial charge in [0.1, 0.15) is 5.82 Å². The smallest absolute Gasteiger partial charge is 0.233 e. The molecule has 6 heteroatoms. The highest BCUT2D eigenvalue weighted by molar-refractivity contribution is 7.99. The van der Waals surface area contributed by atoms with Crippen LogP contribution in [0.4, 0.5) is 0 Å². The zero-order chi connectivity index (χ0) is 16.9. The summed E-state index contributed by atoms with van der Waals surface area (Å²) < 4.78 is 1.96. The lowest BCUT2D eigenvalue weighted by atomic mass is 9.88. The lowest BCUT2D eigenvalue weighted by Gasteiger charge is -2.41. The average molecular weight is 351 g/mol. The molecule has 0 bridgehead atoms. The number of carbonyl (C=O) groups is 1. The van der Waals surface area contributed by atoms with Gasteiger partial charge in [-0.1, -0.05) is 50.3 Å². The van der Waals surface area contributed by atoms with Gasteiger partial charge in [0.2, 0.25) is 5.91 Å². The summed E-state index contributed by atoms with van der Waals surface area (Å²) >= 11 is 1.53. The maximum Gasteiger partial charge on any atom is 0.233 e. The Bertz CT molecular complexity index is 529. The minimum absolute atomic E-state index is 0.305. The molecule has 3 rings (SSSR count). The maximum absolute atomic E-state index is 13.1. The molecule has 2 fully saturated rings. The zero-order valence-corrected chi connectivity index (χ0v) is 15.9. The van der Waals surface area contributed by atoms with Crippen molar-refractivity contribution in [3.05, 3.63) is 5.82 Å². The van der Waals surface area contributed by atoms with Gasteiger partial charge in [-0.25, -0.2) is 0 Å². The van der Waals surface area contributed by atoms with Crippen LogP contribution in [0.2, 0.25) is 0 Å². The van der Waals surface area contributed by atoms with Crippen LogP contribution < -0.4 is 0 Å². The summed E-state index contributed by atoms with van der Waals surface area (Å²) in [5.41, 5.74) is 0. The van der Waals surface area contributed by atoms with Crippen LogP contribution in [0.15, 0.2) is 5.16 Å². The molecule has 2 saturated carbocycles. The van der Waals surface area contributed by atoms with Crippen LogP contribution in [-0.4, -0.2) is 43.4 Å². The second-order valence-corrected chi connectivity index (χ2v) is 8.20. The topological polar surface area (TPSA) is 51.0 Å². The highest BCUT2D eigenvalue weighted by Gasteiger charge is 2.32. The first kappa shape index (κ1) is 17.8. The molecule has 0 spiro atoms. The second-order valence-electron chi connectivity index (χ2n) is 7.26. The molecule has 1 aromatic heterocycles. The number of nitrogens with zero attached hydrogens (tertiary/aromatic N) is 4. The quantitative estimate of drug-likeness (QED) is 0.760. The highest BCUT2D eigenvalue weighted by atomic mass is 32.2. The molecule has 0 saturated heterocycles. The van der Waals surface area contributed by atoms with Crippen LogP contribution in [0.3, 0.4) is 0 Å². The number of thioether (sulfide) groups is 1. The van der Waals surface area contributed by atoms with Crippen LogP contribution in [0.1, 0.15) is 70.0 Å². The number of aryl methyl sites for hydroxylation is 1. The van der Waals surface area contributed by atoms with Gasteiger partial charge in [0, 0.05) is 19.1 Å². The van der Waals surface area contributed by atoms with Crippen LogP contribution in [0, 0.1) is 6.92 Å². The lowest BCUT2D eigenvalue weighted by molar-refractivity contribution is -0.135. The first-order valence-electron chi connectivity index (χ1n) is 9.47. The molecular weight excluding hydrogens is 320 g/mol. The summed E-state index contributed by atoms with van der Waals surface area (Å²) in [4.78, 5) is 15.4. The van der Waals surface area contributed by atoms with Crippen molar-refractivity contribution < 1.29 is 4.79 Å². The number of amides is 1. The minimum atomic E-state index is 0.305. The predicted octanol–water partition coefficient (Wildman–Crippen LogP) is 3.71. The Morgan fingerprint density at radius 3 is 2.04 bits per heavy atom. The van der Waals surface area contributed by atoms with Gasteiger partial charge in [-0.05, 0) is 32.6 Å². The van der Waals surface area contributed by atoms with E-state index in [1.165, 1.54) is 76.0 Å². The van der Waals surface area contributed by atoms with Crippen LogP contribution in [0.25, 0.3) is 0 Å². The summed E-state index contributed by atoms with van der Waals surface area (Å²) in [6.07, 6.45) is 12.5. The first-order valence-corrected chi connectivity index (χ1v) is 10.5. The summed E-state index contributed by atoms with van der Waals surface area (Å²) in [6.45, 7) is 1.94. The third-order valence-electron chi connectivity index (χ3n) is 5.60. The monoisotopic (exact) mass is 350 g/mol. The fourth-order valence-corrected chi connectivity index (χ4v) is 4.96. The lowest BCUT2D eigenvalue weighted by Crippen LogP contribution is -2.49. The van der Waals surface area contributed by atoms with Gasteiger partial charge >= 0.3 is 0 Å². The van der Waals surface area contributed by atoms with Crippen LogP contribution in [-0.2, 0) is 11.8 Å². The molecule has 0 aromatic carbocycles. The molecule has 24 heavy (non-hydrogen) atoms. The van der Waals surface area contributed by atoms with E-state index in [1.54, 1.807) is 0 Å². The third-order valence-corrected chi connectivity index (χ3v) is 6.61. The van der Waals surface area contributed by atoms with Gasteiger partial charge in [0.25, 0.3) is 0 Å². The fraction of sp³-hybridized carbons (Fsp3) is 0.833. The number of hydrogen-bond donors (Lipinski definition) is 0. The molecule has 2 aliphatic carbocycles. The summed E-state index contributed by atoms with van der Waals surface area (Å²) in [5.74, 6) is 1.68. The van der Waals surface area contributed by atoms with E-state index in [1.807, 2.05) is 18.5 Å². The maximum atomic E-state index is 13.1. The van der Waals surface area contributed by atoms with E-state index in [2.05, 4.69) is 15.1 Å². The number of carbonyl (C=O) groups excluding carboxylic acids is 1. The largest absolute Gasteiger partial charge is 0.336 e. The number of hydrogen-bond acceptors (Lipinski definition) is 4. The molecule has 0 aliphatic heterocycles. The minimum Gasteiger partial charge on any atom is -0.336 e. The van der Waals surface area contributed by atoms with E-state index < -0.39 is 0 Å². The Hall–Kier alpha value is -1.04. The molecular formula is C18H30N4OS. The summed E-state index contributed by atoms with van der Waals surface area (Å²) in [6, 6.07) is 0.937. The van der Waals surface area contributed by atoms with Crippen molar-refractivity contribution in [1.29, 1.82) is 0 Å². The Balaban J connectivity index is 1.66. The molecule has 0 N–H and O–H groups in total. The van der Waals surface area contributed by atoms with Crippen LogP contribution in [0.5, 0.6) is 0 Å². The Morgan fingerprint density at radius 1 is 1.04 bits per heavy atom. The number of aromatic nitrogens is 3. The van der Waals surface area contributed by atoms with Crippen LogP contribution >= 0.6 is 11.8 Å². The molecule has 1 aromatic rings. The summed E-state index contributed by atoms with van der Waals surface area (Å²) in [5, 5.41) is 9.10. The zero-order valence-electron chi connectivity index (χ0n) is 15.0. The van der Waals surface area contributed by atoms with Crippen molar-refractivity contribution in [3.8, 4) is 0 Å². The van der Waals surface area contributed by atoms with Gasteiger partial charge < -0.3 is 9.47 Å². The van der Waals surface area contributed by atoms with Gasteiger partial charge in [-0.3, -0.25) is 4.79 Å². The van der Waals surface area contributed by atoms with E-state index in [-0.39, 0.29) is 0 Å². The normalized spacial score (nSPS) is 20.2. The molecule has 0 radical (unpaired) electrons. The van der Waals surface area contributed by atoms with E-state index >= 15 is 0 Å². The third kappa shape index (κ3) is 4.13. The summed E-state index contributed by atoms with van der Waals surface area (Å²) in [7, 11) is 1.96. The molecule has 2 aliphatic rings. The van der Waals surface area contributed by atoms with E-state index in [4.69, 9.17) is 0 Å². The Labute approximate surface area is 149 Å². The van der Waals surface area contributed by atoms with Crippen molar-refractivity contribution in [2.24, 2.45) is 7.05 Å². The fourth-order valence-electron chi connectivity index (χ4n) is 4.14. The van der Waals surface area contributed by atoms with E-state index in [9.17, 15) is 4.79 Å². The first-order chi connectivity index (χ1) is 11.7. The van der Waals surface area contributed by atoms with Crippen molar-refractivity contribution in [3.63, 3.8) is 0 Å². The van der Waals surface area contributed by atoms with Gasteiger partial charge in [0.05, 0.1) is 5.75 Å². The molecule has 5 nitrogen and oxygen atoms in total. The van der Waals surface area contributed by atoms with Crippen molar-refractivity contribution in [2.75, 3.05) is 5.75 Å². The van der Waals surface area contributed by atoms with Crippen molar-refractivity contribution in [2.45, 2.75) is 88.4 Å². The van der Waals surface area contributed by atoms with Crippen molar-refractivity contribution in [1.82, 2.24) is 19.7 Å². The molecule has 134 valence electrons. The predicted molar refractivity (Wildman–Crippen MR) is 97.1 cm³/mol. The van der Waals surface area contributed by atoms with E-state index in [0.717, 1.165) is 11.0 Å². The van der Waals surface area contributed by atoms with Gasteiger partial charge in [0.15, 0.2) is 5.16 Å². The Kier molecular flexibility index (Phi) is 6.19. The molecule has 1 heterocycles. The Morgan fingerprint density at radius 2 is 1.58 bits per heavy atom. The number of rotatable bonds is 5. The van der Waals surface area contributed by atoms with Gasteiger partial charge in [-0.15, -0.1) is 10.2 Å². The molecule has 1 amide bonds. The molecule has 0 atom stereocenters. The average Bonchev–Trinajstić information content (AvgIpc) is 2.94. The van der Waals surface area contributed by atoms with Gasteiger partial charge in [-0.2, -0.15) is 0 Å². The standard InChI is InChI=1S/C18H30N4OS/c1-14-19-20-18(21(14)2)24-13-17(23)22(15-9-5-3-6-10-15)16-11-7-4-8-12-16/h15-16H,3-13H2,1-2H3. The second kappa shape index (κ2) is 8.37. The van der Waals surface area contributed by atoms with E-state index in [0.29, 0.717) is 23.7 Å². The van der Waals surface area contributed by atoms with Crippen molar-refractivity contribution >= 4 is 17.7 Å². The highest BCUT2D eigenvalue weighted by Crippen LogP contribution is 2.31. The SMILES string of the molecule is Cc1nnc(SCC(=O)N(C2CCCCC2)C2CCCCC2)n1C. The molecule has 0 unspecified atom stereocenters.